The summed E-state index contributed by atoms with van der Waals surface area (Å²) in [6.45, 7) is 11.3. The van der Waals surface area contributed by atoms with Crippen LogP contribution in [0.4, 0.5) is 5.69 Å². The number of likely N-dealkylation sites (N-methyl/N-ethyl adjacent to an activating group) is 1. The Morgan fingerprint density at radius 1 is 1.12 bits per heavy atom. The molecule has 1 unspecified atom stereocenters. The third-order valence-corrected chi connectivity index (χ3v) is 5.60. The van der Waals surface area contributed by atoms with Crippen molar-refractivity contribution in [1.82, 2.24) is 15.1 Å². The maximum Gasteiger partial charge on any atom is 0.198 e. The lowest BCUT2D eigenvalue weighted by molar-refractivity contribution is 0.0900. The van der Waals surface area contributed by atoms with E-state index in [1.165, 1.54) is 11.3 Å². The molecule has 0 aromatic heterocycles. The lowest BCUT2D eigenvalue weighted by Crippen LogP contribution is -2.55. The molecule has 5 heteroatoms. The maximum absolute atomic E-state index is 4.56. The van der Waals surface area contributed by atoms with Gasteiger partial charge in [-0.3, -0.25) is 9.89 Å². The van der Waals surface area contributed by atoms with Gasteiger partial charge in [-0.1, -0.05) is 32.0 Å². The minimum Gasteiger partial charge on any atom is -0.354 e. The molecule has 1 fully saturated rings. The van der Waals surface area contributed by atoms with Gasteiger partial charge < -0.3 is 15.1 Å². The van der Waals surface area contributed by atoms with Crippen molar-refractivity contribution in [3.05, 3.63) is 29.8 Å². The highest BCUT2D eigenvalue weighted by molar-refractivity contribution is 5.97. The highest BCUT2D eigenvalue weighted by Crippen LogP contribution is 2.27. The Hall–Kier alpha value is -1.59. The van der Waals surface area contributed by atoms with E-state index < -0.39 is 0 Å². The lowest BCUT2D eigenvalue weighted by atomic mass is 10.0. The summed E-state index contributed by atoms with van der Waals surface area (Å²) in [6, 6.07) is 9.22. The Balaban J connectivity index is 1.64. The summed E-state index contributed by atoms with van der Waals surface area (Å²) < 4.78 is 0. The Kier molecular flexibility index (Phi) is 5.97. The van der Waals surface area contributed by atoms with Gasteiger partial charge in [0, 0.05) is 58.0 Å². The average Bonchev–Trinajstić information content (AvgIpc) is 3.04. The molecule has 5 nitrogen and oxygen atoms in total. The van der Waals surface area contributed by atoms with Crippen molar-refractivity contribution in [2.75, 3.05) is 58.3 Å². The minimum atomic E-state index is 0.545. The molecule has 0 bridgehead atoms. The number of rotatable bonds is 4. The number of fused-ring (bicyclic) bond motifs is 1. The molecule has 138 valence electrons. The van der Waals surface area contributed by atoms with E-state index in [1.807, 2.05) is 7.05 Å². The molecule has 1 aromatic rings. The maximum atomic E-state index is 4.56. The number of benzene rings is 1. The number of nitrogens with zero attached hydrogens (tertiary/aromatic N) is 4. The number of guanidine groups is 1. The second-order valence-corrected chi connectivity index (χ2v) is 7.61. The number of para-hydroxylation sites is 1. The van der Waals surface area contributed by atoms with E-state index >= 15 is 0 Å². The van der Waals surface area contributed by atoms with Gasteiger partial charge >= 0.3 is 0 Å². The fourth-order valence-corrected chi connectivity index (χ4v) is 3.99. The second-order valence-electron chi connectivity index (χ2n) is 7.61. The zero-order chi connectivity index (χ0) is 17.8. The van der Waals surface area contributed by atoms with Gasteiger partial charge in [0.15, 0.2) is 5.96 Å². The van der Waals surface area contributed by atoms with Crippen LogP contribution >= 0.6 is 0 Å². The molecule has 1 aromatic carbocycles. The number of aliphatic imine (C=N–C) groups is 1. The van der Waals surface area contributed by atoms with E-state index in [-0.39, 0.29) is 0 Å². The van der Waals surface area contributed by atoms with E-state index in [1.54, 1.807) is 0 Å². The topological polar surface area (TPSA) is 34.1 Å². The van der Waals surface area contributed by atoms with Crippen molar-refractivity contribution in [2.24, 2.45) is 10.9 Å². The van der Waals surface area contributed by atoms with Crippen molar-refractivity contribution < 1.29 is 0 Å². The van der Waals surface area contributed by atoms with Crippen LogP contribution in [0.25, 0.3) is 0 Å². The first-order valence-electron chi connectivity index (χ1n) is 9.59. The van der Waals surface area contributed by atoms with Gasteiger partial charge in [-0.25, -0.2) is 0 Å². The van der Waals surface area contributed by atoms with Crippen LogP contribution in [0.3, 0.4) is 0 Å². The fourth-order valence-electron chi connectivity index (χ4n) is 3.99. The van der Waals surface area contributed by atoms with Crippen molar-refractivity contribution in [1.29, 1.82) is 0 Å². The molecule has 0 aliphatic carbocycles. The third kappa shape index (κ3) is 4.15. The summed E-state index contributed by atoms with van der Waals surface area (Å²) in [4.78, 5) is 12.0. The molecule has 0 amide bonds. The predicted octanol–water partition coefficient (Wildman–Crippen LogP) is 1.90. The molecular weight excluding hydrogens is 310 g/mol. The summed E-state index contributed by atoms with van der Waals surface area (Å²) in [5, 5.41) is 3.66. The van der Waals surface area contributed by atoms with Crippen LogP contribution in [0.5, 0.6) is 0 Å². The van der Waals surface area contributed by atoms with Crippen molar-refractivity contribution >= 4 is 11.6 Å². The van der Waals surface area contributed by atoms with Gasteiger partial charge in [0.2, 0.25) is 0 Å². The molecule has 25 heavy (non-hydrogen) atoms. The van der Waals surface area contributed by atoms with Crippen molar-refractivity contribution in [3.63, 3.8) is 0 Å². The number of hydrogen-bond acceptors (Lipinski definition) is 3. The van der Waals surface area contributed by atoms with Gasteiger partial charge in [0.25, 0.3) is 0 Å². The molecule has 0 spiro atoms. The number of nitrogens with one attached hydrogen (secondary N) is 1. The third-order valence-electron chi connectivity index (χ3n) is 5.60. The highest BCUT2D eigenvalue weighted by atomic mass is 15.3. The smallest absolute Gasteiger partial charge is 0.198 e. The standard InChI is InChI=1S/C20H33N5/c1-16(2)19(24-13-11-23(4)12-14-24)15-22-20(21-3)25-10-9-17-7-5-6-8-18(17)25/h5-8,16,19H,9-15H2,1-4H3,(H,21,22). The molecule has 1 saturated heterocycles. The first kappa shape index (κ1) is 18.2. The van der Waals surface area contributed by atoms with E-state index in [2.05, 4.69) is 70.2 Å². The van der Waals surface area contributed by atoms with Crippen LogP contribution in [0.1, 0.15) is 19.4 Å². The van der Waals surface area contributed by atoms with Crippen molar-refractivity contribution in [2.45, 2.75) is 26.3 Å². The van der Waals surface area contributed by atoms with Gasteiger partial charge in [-0.2, -0.15) is 0 Å². The molecular formula is C20H33N5. The number of anilines is 1. The van der Waals surface area contributed by atoms with Crippen LogP contribution in [-0.2, 0) is 6.42 Å². The Bertz CT molecular complexity index is 590. The van der Waals surface area contributed by atoms with Crippen molar-refractivity contribution in [3.8, 4) is 0 Å². The molecule has 2 aliphatic heterocycles. The monoisotopic (exact) mass is 343 g/mol. The van der Waals surface area contributed by atoms with E-state index in [0.29, 0.717) is 12.0 Å². The quantitative estimate of drug-likeness (QED) is 0.669. The van der Waals surface area contributed by atoms with Crippen LogP contribution in [-0.4, -0.2) is 75.2 Å². The summed E-state index contributed by atoms with van der Waals surface area (Å²) in [7, 11) is 4.11. The largest absolute Gasteiger partial charge is 0.354 e. The molecule has 0 radical (unpaired) electrons. The van der Waals surface area contributed by atoms with Crippen LogP contribution < -0.4 is 10.2 Å². The minimum absolute atomic E-state index is 0.545. The molecule has 2 aliphatic rings. The van der Waals surface area contributed by atoms with Gasteiger partial charge in [0.1, 0.15) is 0 Å². The highest BCUT2D eigenvalue weighted by Gasteiger charge is 2.27. The molecule has 3 rings (SSSR count). The Morgan fingerprint density at radius 3 is 2.52 bits per heavy atom. The fraction of sp³-hybridized carbons (Fsp3) is 0.650. The first-order valence-corrected chi connectivity index (χ1v) is 9.59. The Labute approximate surface area is 152 Å². The molecule has 2 heterocycles. The number of piperazine rings is 1. The SMILES string of the molecule is CN=C(NCC(C(C)C)N1CCN(C)CC1)N1CCc2ccccc21. The molecule has 1 N–H and O–H groups in total. The van der Waals surface area contributed by atoms with Gasteiger partial charge in [-0.05, 0) is 31.0 Å². The number of hydrogen-bond donors (Lipinski definition) is 1. The molecule has 1 atom stereocenters. The normalized spacial score (nSPS) is 20.8. The van der Waals surface area contributed by atoms with Crippen LogP contribution in [0.2, 0.25) is 0 Å². The molecule has 0 saturated carbocycles. The summed E-state index contributed by atoms with van der Waals surface area (Å²) >= 11 is 0. The Morgan fingerprint density at radius 2 is 1.84 bits per heavy atom. The average molecular weight is 344 g/mol. The predicted molar refractivity (Wildman–Crippen MR) is 107 cm³/mol. The summed E-state index contributed by atoms with van der Waals surface area (Å²) in [5.74, 6) is 1.63. The lowest BCUT2D eigenvalue weighted by Gasteiger charge is -2.40. The zero-order valence-electron chi connectivity index (χ0n) is 16.2. The van der Waals surface area contributed by atoms with E-state index in [4.69, 9.17) is 0 Å². The first-order chi connectivity index (χ1) is 12.1. The van der Waals surface area contributed by atoms with E-state index in [9.17, 15) is 0 Å². The van der Waals surface area contributed by atoms with Gasteiger partial charge in [-0.15, -0.1) is 0 Å². The van der Waals surface area contributed by atoms with Crippen LogP contribution in [0.15, 0.2) is 29.3 Å². The van der Waals surface area contributed by atoms with Gasteiger partial charge in [0.05, 0.1) is 0 Å². The summed E-state index contributed by atoms with van der Waals surface area (Å²) in [5.41, 5.74) is 2.72. The second kappa shape index (κ2) is 8.19. The summed E-state index contributed by atoms with van der Waals surface area (Å²) in [6.07, 6.45) is 1.10. The zero-order valence-corrected chi connectivity index (χ0v) is 16.2. The van der Waals surface area contributed by atoms with Crippen LogP contribution in [0, 0.1) is 5.92 Å². The van der Waals surface area contributed by atoms with E-state index in [0.717, 1.165) is 51.6 Å².